The van der Waals surface area contributed by atoms with Crippen molar-refractivity contribution >= 4 is 15.9 Å². The molecule has 0 aromatic heterocycles. The molecule has 0 bridgehead atoms. The lowest BCUT2D eigenvalue weighted by Gasteiger charge is -2.10. The molecule has 0 saturated carbocycles. The Bertz CT molecular complexity index is 310. The zero-order chi connectivity index (χ0) is 9.26. The molecule has 0 N–H and O–H groups in total. The molecular weight excluding hydrogens is 239 g/mol. The van der Waals surface area contributed by atoms with Crippen molar-refractivity contribution in [1.29, 1.82) is 0 Å². The molecule has 0 unspecified atom stereocenters. The van der Waals surface area contributed by atoms with Crippen molar-refractivity contribution in [2.24, 2.45) is 0 Å². The maximum Gasteiger partial charge on any atom is 0.185 e. The fraction of sp³-hybridized carbons (Fsp3) is 0.333. The SMILES string of the molecule is Fc1ccc(C2OCCO2)c(Br)c1. The second kappa shape index (κ2) is 3.74. The molecule has 0 amide bonds. The smallest absolute Gasteiger partial charge is 0.185 e. The molecule has 2 nitrogen and oxygen atoms in total. The van der Waals surface area contributed by atoms with Crippen LogP contribution in [-0.2, 0) is 9.47 Å². The summed E-state index contributed by atoms with van der Waals surface area (Å²) in [5.74, 6) is -0.270. The van der Waals surface area contributed by atoms with Crippen LogP contribution in [-0.4, -0.2) is 13.2 Å². The summed E-state index contributed by atoms with van der Waals surface area (Å²) in [5, 5.41) is 0. The van der Waals surface area contributed by atoms with E-state index in [9.17, 15) is 4.39 Å². The molecule has 1 aliphatic heterocycles. The van der Waals surface area contributed by atoms with Crippen molar-refractivity contribution in [2.45, 2.75) is 6.29 Å². The highest BCUT2D eigenvalue weighted by atomic mass is 79.9. The molecule has 0 aliphatic carbocycles. The Labute approximate surface area is 83.8 Å². The minimum absolute atomic E-state index is 0.270. The molecule has 0 atom stereocenters. The number of halogens is 2. The van der Waals surface area contributed by atoms with Gasteiger partial charge in [0, 0.05) is 10.0 Å². The highest BCUT2D eigenvalue weighted by molar-refractivity contribution is 9.10. The maximum absolute atomic E-state index is 12.7. The molecule has 13 heavy (non-hydrogen) atoms. The maximum atomic E-state index is 12.7. The van der Waals surface area contributed by atoms with Crippen LogP contribution in [0.1, 0.15) is 11.9 Å². The third-order valence-electron chi connectivity index (χ3n) is 1.84. The summed E-state index contributed by atoms with van der Waals surface area (Å²) >= 11 is 3.26. The van der Waals surface area contributed by atoms with E-state index in [1.54, 1.807) is 6.07 Å². The minimum Gasteiger partial charge on any atom is -0.346 e. The van der Waals surface area contributed by atoms with Crippen LogP contribution in [0.5, 0.6) is 0 Å². The van der Waals surface area contributed by atoms with Gasteiger partial charge in [-0.2, -0.15) is 0 Å². The molecule has 2 rings (SSSR count). The Balaban J connectivity index is 2.29. The number of benzene rings is 1. The van der Waals surface area contributed by atoms with Crippen LogP contribution in [0, 0.1) is 5.82 Å². The Morgan fingerprint density at radius 1 is 1.31 bits per heavy atom. The Morgan fingerprint density at radius 2 is 2.00 bits per heavy atom. The molecule has 1 heterocycles. The van der Waals surface area contributed by atoms with Gasteiger partial charge in [0.05, 0.1) is 13.2 Å². The Kier molecular flexibility index (Phi) is 2.62. The van der Waals surface area contributed by atoms with Crippen LogP contribution in [0.25, 0.3) is 0 Å². The Hall–Kier alpha value is -0.450. The number of ether oxygens (including phenoxy) is 2. The second-order valence-electron chi connectivity index (χ2n) is 2.74. The van der Waals surface area contributed by atoms with Crippen LogP contribution in [0.15, 0.2) is 22.7 Å². The largest absolute Gasteiger partial charge is 0.346 e. The number of hydrogen-bond donors (Lipinski definition) is 0. The first-order valence-corrected chi connectivity index (χ1v) is 4.75. The summed E-state index contributed by atoms with van der Waals surface area (Å²) in [6.07, 6.45) is -0.352. The predicted octanol–water partition coefficient (Wildman–Crippen LogP) is 2.63. The number of hydrogen-bond acceptors (Lipinski definition) is 2. The molecule has 0 spiro atoms. The lowest BCUT2D eigenvalue weighted by atomic mass is 10.2. The van der Waals surface area contributed by atoms with Crippen LogP contribution >= 0.6 is 15.9 Å². The van der Waals surface area contributed by atoms with Gasteiger partial charge in [0.2, 0.25) is 0 Å². The molecule has 1 fully saturated rings. The summed E-state index contributed by atoms with van der Waals surface area (Å²) < 4.78 is 24.0. The van der Waals surface area contributed by atoms with E-state index in [0.717, 1.165) is 5.56 Å². The normalized spacial score (nSPS) is 18.0. The first-order chi connectivity index (χ1) is 6.27. The first-order valence-electron chi connectivity index (χ1n) is 3.95. The van der Waals surface area contributed by atoms with Gasteiger partial charge >= 0.3 is 0 Å². The molecule has 1 aromatic carbocycles. The van der Waals surface area contributed by atoms with Crippen molar-refractivity contribution in [3.05, 3.63) is 34.1 Å². The van der Waals surface area contributed by atoms with E-state index in [1.165, 1.54) is 12.1 Å². The lowest BCUT2D eigenvalue weighted by molar-refractivity contribution is -0.0446. The summed E-state index contributed by atoms with van der Waals surface area (Å²) in [6, 6.07) is 4.46. The average Bonchev–Trinajstić information content (AvgIpc) is 2.56. The average molecular weight is 247 g/mol. The van der Waals surface area contributed by atoms with E-state index in [0.29, 0.717) is 17.7 Å². The van der Waals surface area contributed by atoms with Gasteiger partial charge in [-0.3, -0.25) is 0 Å². The van der Waals surface area contributed by atoms with Gasteiger partial charge in [-0.25, -0.2) is 4.39 Å². The molecule has 0 radical (unpaired) electrons. The van der Waals surface area contributed by atoms with Crippen LogP contribution in [0.4, 0.5) is 4.39 Å². The minimum atomic E-state index is -0.352. The molecular formula is C9H8BrFO2. The van der Waals surface area contributed by atoms with Gasteiger partial charge < -0.3 is 9.47 Å². The summed E-state index contributed by atoms with van der Waals surface area (Å²) in [7, 11) is 0. The number of rotatable bonds is 1. The van der Waals surface area contributed by atoms with E-state index < -0.39 is 0 Å². The Morgan fingerprint density at radius 3 is 2.62 bits per heavy atom. The predicted molar refractivity (Wildman–Crippen MR) is 48.7 cm³/mol. The van der Waals surface area contributed by atoms with E-state index in [4.69, 9.17) is 9.47 Å². The van der Waals surface area contributed by atoms with E-state index in [1.807, 2.05) is 0 Å². The highest BCUT2D eigenvalue weighted by Crippen LogP contribution is 2.29. The zero-order valence-corrected chi connectivity index (χ0v) is 8.38. The van der Waals surface area contributed by atoms with Gasteiger partial charge in [-0.05, 0) is 18.2 Å². The van der Waals surface area contributed by atoms with Crippen molar-refractivity contribution in [3.63, 3.8) is 0 Å². The van der Waals surface area contributed by atoms with Gasteiger partial charge in [0.1, 0.15) is 5.82 Å². The van der Waals surface area contributed by atoms with E-state index in [-0.39, 0.29) is 12.1 Å². The summed E-state index contributed by atoms with van der Waals surface area (Å²) in [5.41, 5.74) is 0.832. The fourth-order valence-corrected chi connectivity index (χ4v) is 1.77. The molecule has 70 valence electrons. The van der Waals surface area contributed by atoms with Gasteiger partial charge in [0.25, 0.3) is 0 Å². The van der Waals surface area contributed by atoms with E-state index in [2.05, 4.69) is 15.9 Å². The summed E-state index contributed by atoms with van der Waals surface area (Å²) in [4.78, 5) is 0. The second-order valence-corrected chi connectivity index (χ2v) is 3.59. The fourth-order valence-electron chi connectivity index (χ4n) is 1.23. The zero-order valence-electron chi connectivity index (χ0n) is 6.80. The van der Waals surface area contributed by atoms with Crippen molar-refractivity contribution in [3.8, 4) is 0 Å². The van der Waals surface area contributed by atoms with Crippen LogP contribution in [0.3, 0.4) is 0 Å². The van der Waals surface area contributed by atoms with E-state index >= 15 is 0 Å². The monoisotopic (exact) mass is 246 g/mol. The first kappa shape index (κ1) is 9.12. The van der Waals surface area contributed by atoms with Crippen LogP contribution in [0.2, 0.25) is 0 Å². The lowest BCUT2D eigenvalue weighted by Crippen LogP contribution is -1.99. The third kappa shape index (κ3) is 1.90. The molecule has 1 saturated heterocycles. The van der Waals surface area contributed by atoms with Crippen molar-refractivity contribution in [1.82, 2.24) is 0 Å². The van der Waals surface area contributed by atoms with Crippen molar-refractivity contribution in [2.75, 3.05) is 13.2 Å². The quantitative estimate of drug-likeness (QED) is 0.759. The van der Waals surface area contributed by atoms with Gasteiger partial charge in [0.15, 0.2) is 6.29 Å². The molecule has 1 aromatic rings. The highest BCUT2D eigenvalue weighted by Gasteiger charge is 2.20. The standard InChI is InChI=1S/C9H8BrFO2/c10-8-5-6(11)1-2-7(8)9-12-3-4-13-9/h1-2,5,9H,3-4H2. The van der Waals surface area contributed by atoms with Gasteiger partial charge in [-0.1, -0.05) is 15.9 Å². The van der Waals surface area contributed by atoms with Gasteiger partial charge in [-0.15, -0.1) is 0 Å². The van der Waals surface area contributed by atoms with Crippen LogP contribution < -0.4 is 0 Å². The third-order valence-corrected chi connectivity index (χ3v) is 2.52. The molecule has 1 aliphatic rings. The summed E-state index contributed by atoms with van der Waals surface area (Å²) in [6.45, 7) is 1.18. The molecule has 4 heteroatoms. The van der Waals surface area contributed by atoms with Crippen molar-refractivity contribution < 1.29 is 13.9 Å². The topological polar surface area (TPSA) is 18.5 Å².